The summed E-state index contributed by atoms with van der Waals surface area (Å²) in [4.78, 5) is 16.8. The summed E-state index contributed by atoms with van der Waals surface area (Å²) < 4.78 is 2.17. The highest BCUT2D eigenvalue weighted by molar-refractivity contribution is 8.00. The monoisotopic (exact) mass is 321 g/mol. The minimum atomic E-state index is -0.0762. The van der Waals surface area contributed by atoms with Crippen LogP contribution in [-0.4, -0.2) is 29.7 Å². The Balaban J connectivity index is 1.73. The predicted molar refractivity (Wildman–Crippen MR) is 90.2 cm³/mol. The van der Waals surface area contributed by atoms with E-state index < -0.39 is 0 Å². The Kier molecular flexibility index (Phi) is 4.47. The first kappa shape index (κ1) is 14.8. The van der Waals surface area contributed by atoms with E-state index in [1.165, 1.54) is 0 Å². The van der Waals surface area contributed by atoms with Gasteiger partial charge in [0.15, 0.2) is 4.34 Å². The fourth-order valence-corrected chi connectivity index (χ4v) is 4.13. The maximum atomic E-state index is 12.3. The van der Waals surface area contributed by atoms with Gasteiger partial charge in [0.1, 0.15) is 0 Å². The zero-order chi connectivity index (χ0) is 14.8. The molecule has 1 aromatic heterocycles. The Morgan fingerprint density at radius 2 is 2.38 bits per heavy atom. The molecule has 0 spiro atoms. The SMILES string of the molecule is CSc1nc2ccc(NC(=O)C3CC(C)CCN3)cc2s1. The summed E-state index contributed by atoms with van der Waals surface area (Å²) in [5, 5.41) is 6.32. The average Bonchev–Trinajstić information content (AvgIpc) is 2.89. The number of anilines is 1. The lowest BCUT2D eigenvalue weighted by Crippen LogP contribution is -2.45. The number of carbonyl (C=O) groups excluding carboxylic acids is 1. The van der Waals surface area contributed by atoms with Crippen molar-refractivity contribution in [3.05, 3.63) is 18.2 Å². The van der Waals surface area contributed by atoms with Crippen LogP contribution in [0, 0.1) is 5.92 Å². The molecular formula is C15H19N3OS2. The van der Waals surface area contributed by atoms with E-state index in [0.717, 1.165) is 39.6 Å². The fourth-order valence-electron chi connectivity index (χ4n) is 2.61. The molecule has 3 rings (SSSR count). The van der Waals surface area contributed by atoms with Crippen LogP contribution in [0.15, 0.2) is 22.5 Å². The normalized spacial score (nSPS) is 22.4. The van der Waals surface area contributed by atoms with E-state index in [9.17, 15) is 4.79 Å². The van der Waals surface area contributed by atoms with Crippen LogP contribution in [0.4, 0.5) is 5.69 Å². The van der Waals surface area contributed by atoms with E-state index in [1.54, 1.807) is 23.1 Å². The molecule has 2 N–H and O–H groups in total. The molecule has 1 saturated heterocycles. The Bertz CT molecular complexity index is 655. The van der Waals surface area contributed by atoms with Crippen molar-refractivity contribution in [3.8, 4) is 0 Å². The van der Waals surface area contributed by atoms with Crippen molar-refractivity contribution in [2.24, 2.45) is 5.92 Å². The van der Waals surface area contributed by atoms with E-state index >= 15 is 0 Å². The van der Waals surface area contributed by atoms with E-state index in [2.05, 4.69) is 22.5 Å². The fraction of sp³-hybridized carbons (Fsp3) is 0.467. The zero-order valence-electron chi connectivity index (χ0n) is 12.2. The minimum absolute atomic E-state index is 0.0653. The third-order valence-electron chi connectivity index (χ3n) is 3.79. The van der Waals surface area contributed by atoms with Gasteiger partial charge < -0.3 is 10.6 Å². The van der Waals surface area contributed by atoms with Crippen LogP contribution in [0.25, 0.3) is 10.2 Å². The molecule has 1 aliphatic heterocycles. The van der Waals surface area contributed by atoms with Gasteiger partial charge >= 0.3 is 0 Å². The Labute approximate surface area is 132 Å². The van der Waals surface area contributed by atoms with Crippen LogP contribution in [0.1, 0.15) is 19.8 Å². The van der Waals surface area contributed by atoms with Crippen LogP contribution >= 0.6 is 23.1 Å². The lowest BCUT2D eigenvalue weighted by molar-refractivity contribution is -0.119. The molecule has 21 heavy (non-hydrogen) atoms. The molecule has 1 amide bonds. The van der Waals surface area contributed by atoms with E-state index in [0.29, 0.717) is 5.92 Å². The lowest BCUT2D eigenvalue weighted by Gasteiger charge is -2.27. The van der Waals surface area contributed by atoms with E-state index in [1.807, 2.05) is 24.5 Å². The maximum Gasteiger partial charge on any atom is 0.241 e. The highest BCUT2D eigenvalue weighted by atomic mass is 32.2. The third-order valence-corrected chi connectivity index (χ3v) is 5.80. The number of piperidine rings is 1. The standard InChI is InChI=1S/C15H19N3OS2/c1-9-5-6-16-12(7-9)14(19)17-10-3-4-11-13(8-10)21-15(18-11)20-2/h3-4,8-9,12,16H,5-7H2,1-2H3,(H,17,19). The van der Waals surface area contributed by atoms with Crippen LogP contribution < -0.4 is 10.6 Å². The van der Waals surface area contributed by atoms with Gasteiger partial charge in [-0.1, -0.05) is 18.7 Å². The summed E-state index contributed by atoms with van der Waals surface area (Å²) in [6.45, 7) is 3.12. The van der Waals surface area contributed by atoms with Crippen LogP contribution in [0.5, 0.6) is 0 Å². The van der Waals surface area contributed by atoms with Crippen molar-refractivity contribution < 1.29 is 4.79 Å². The second kappa shape index (κ2) is 6.34. The van der Waals surface area contributed by atoms with Gasteiger partial charge in [0.2, 0.25) is 5.91 Å². The molecule has 1 fully saturated rings. The number of fused-ring (bicyclic) bond motifs is 1. The Morgan fingerprint density at radius 1 is 1.52 bits per heavy atom. The number of nitrogens with zero attached hydrogens (tertiary/aromatic N) is 1. The minimum Gasteiger partial charge on any atom is -0.325 e. The molecule has 2 unspecified atom stereocenters. The highest BCUT2D eigenvalue weighted by Gasteiger charge is 2.24. The maximum absolute atomic E-state index is 12.3. The second-order valence-electron chi connectivity index (χ2n) is 5.49. The molecule has 112 valence electrons. The van der Waals surface area contributed by atoms with Gasteiger partial charge in [-0.25, -0.2) is 4.98 Å². The molecule has 0 radical (unpaired) electrons. The highest BCUT2D eigenvalue weighted by Crippen LogP contribution is 2.30. The first-order valence-corrected chi connectivity index (χ1v) is 9.18. The van der Waals surface area contributed by atoms with Gasteiger partial charge in [-0.3, -0.25) is 4.79 Å². The summed E-state index contributed by atoms with van der Waals surface area (Å²) in [5.74, 6) is 0.672. The first-order valence-electron chi connectivity index (χ1n) is 7.14. The molecule has 1 aliphatic rings. The van der Waals surface area contributed by atoms with Crippen molar-refractivity contribution in [1.82, 2.24) is 10.3 Å². The Hall–Kier alpha value is -1.11. The Morgan fingerprint density at radius 3 is 3.14 bits per heavy atom. The second-order valence-corrected chi connectivity index (χ2v) is 7.58. The van der Waals surface area contributed by atoms with Crippen molar-refractivity contribution in [2.75, 3.05) is 18.1 Å². The molecule has 2 aromatic rings. The van der Waals surface area contributed by atoms with Crippen LogP contribution in [0.2, 0.25) is 0 Å². The molecule has 0 bridgehead atoms. The van der Waals surface area contributed by atoms with E-state index in [-0.39, 0.29) is 11.9 Å². The molecule has 1 aromatic carbocycles. The number of aromatic nitrogens is 1. The molecule has 0 aliphatic carbocycles. The number of thiazole rings is 1. The van der Waals surface area contributed by atoms with Gasteiger partial charge in [0.25, 0.3) is 0 Å². The van der Waals surface area contributed by atoms with Gasteiger partial charge in [-0.15, -0.1) is 11.3 Å². The molecule has 2 atom stereocenters. The number of hydrogen-bond donors (Lipinski definition) is 2. The van der Waals surface area contributed by atoms with Crippen molar-refractivity contribution in [2.45, 2.75) is 30.1 Å². The van der Waals surface area contributed by atoms with Crippen LogP contribution in [0.3, 0.4) is 0 Å². The number of rotatable bonds is 3. The largest absolute Gasteiger partial charge is 0.325 e. The number of carbonyl (C=O) groups is 1. The molecule has 6 heteroatoms. The molecule has 0 saturated carbocycles. The topological polar surface area (TPSA) is 54.0 Å². The summed E-state index contributed by atoms with van der Waals surface area (Å²) >= 11 is 3.31. The van der Waals surface area contributed by atoms with Gasteiger partial charge in [-0.2, -0.15) is 0 Å². The number of thioether (sulfide) groups is 1. The smallest absolute Gasteiger partial charge is 0.241 e. The number of amides is 1. The van der Waals surface area contributed by atoms with Crippen molar-refractivity contribution in [3.63, 3.8) is 0 Å². The summed E-state index contributed by atoms with van der Waals surface area (Å²) in [5.41, 5.74) is 1.84. The molecular weight excluding hydrogens is 302 g/mol. The zero-order valence-corrected chi connectivity index (χ0v) is 13.8. The van der Waals surface area contributed by atoms with Crippen molar-refractivity contribution in [1.29, 1.82) is 0 Å². The summed E-state index contributed by atoms with van der Waals surface area (Å²) in [7, 11) is 0. The number of benzene rings is 1. The van der Waals surface area contributed by atoms with Gasteiger partial charge in [0, 0.05) is 5.69 Å². The quantitative estimate of drug-likeness (QED) is 0.851. The third kappa shape index (κ3) is 3.39. The average molecular weight is 321 g/mol. The number of hydrogen-bond acceptors (Lipinski definition) is 5. The van der Waals surface area contributed by atoms with Gasteiger partial charge in [0.05, 0.1) is 16.3 Å². The first-order chi connectivity index (χ1) is 10.2. The summed E-state index contributed by atoms with van der Waals surface area (Å²) in [6, 6.07) is 5.83. The molecule has 2 heterocycles. The van der Waals surface area contributed by atoms with Crippen molar-refractivity contribution >= 4 is 44.9 Å². The summed E-state index contributed by atoms with van der Waals surface area (Å²) in [6.07, 6.45) is 4.08. The van der Waals surface area contributed by atoms with Crippen LogP contribution in [-0.2, 0) is 4.79 Å². The van der Waals surface area contributed by atoms with E-state index in [4.69, 9.17) is 0 Å². The lowest BCUT2D eigenvalue weighted by atomic mass is 9.94. The van der Waals surface area contributed by atoms with Gasteiger partial charge in [-0.05, 0) is 49.8 Å². The molecule has 4 nitrogen and oxygen atoms in total. The number of nitrogens with one attached hydrogen (secondary N) is 2. The predicted octanol–water partition coefficient (Wildman–Crippen LogP) is 3.34.